The summed E-state index contributed by atoms with van der Waals surface area (Å²) in [6.45, 7) is 0.474. The van der Waals surface area contributed by atoms with Crippen LogP contribution in [0.5, 0.6) is 0 Å². The number of nitrogens with two attached hydrogens (primary N) is 2. The van der Waals surface area contributed by atoms with Gasteiger partial charge in [0.05, 0.1) is 21.9 Å². The number of carbonyl (C=O) groups is 1. The van der Waals surface area contributed by atoms with Crippen molar-refractivity contribution in [3.8, 4) is 0 Å². The first-order chi connectivity index (χ1) is 13.5. The Morgan fingerprint density at radius 2 is 2.00 bits per heavy atom. The Morgan fingerprint density at radius 1 is 1.21 bits per heavy atom. The van der Waals surface area contributed by atoms with Crippen LogP contribution in [0.2, 0.25) is 0 Å². The van der Waals surface area contributed by atoms with Crippen LogP contribution >= 0.6 is 0 Å². The lowest BCUT2D eigenvalue weighted by Crippen LogP contribution is -2.28. The average Bonchev–Trinajstić information content (AvgIpc) is 3.08. The standard InChI is InChI=1S/C21H20N4O3/c22-11-12-5-7-15-14(9-12)6-8-18(15)24-21(26)17-10-13-3-1-2-4-16(13)20(19(17)23)25(27)28/h1-5,7,9-10,18H,6,8,11,22-23H2,(H,24,26). The fourth-order valence-corrected chi connectivity index (χ4v) is 3.91. The van der Waals surface area contributed by atoms with Gasteiger partial charge in [0.1, 0.15) is 5.69 Å². The van der Waals surface area contributed by atoms with E-state index >= 15 is 0 Å². The Hall–Kier alpha value is -3.45. The van der Waals surface area contributed by atoms with E-state index in [0.29, 0.717) is 17.3 Å². The number of amides is 1. The maximum Gasteiger partial charge on any atom is 0.300 e. The van der Waals surface area contributed by atoms with E-state index in [0.717, 1.165) is 24.0 Å². The van der Waals surface area contributed by atoms with Gasteiger partial charge in [-0.15, -0.1) is 0 Å². The fraction of sp³-hybridized carbons (Fsp3) is 0.190. The molecule has 4 rings (SSSR count). The van der Waals surface area contributed by atoms with Crippen LogP contribution in [0, 0.1) is 10.1 Å². The normalized spacial score (nSPS) is 15.4. The monoisotopic (exact) mass is 376 g/mol. The van der Waals surface area contributed by atoms with E-state index in [2.05, 4.69) is 11.4 Å². The number of nitrogens with one attached hydrogen (secondary N) is 1. The summed E-state index contributed by atoms with van der Waals surface area (Å²) in [4.78, 5) is 24.0. The smallest absolute Gasteiger partial charge is 0.300 e. The van der Waals surface area contributed by atoms with Crippen molar-refractivity contribution in [2.45, 2.75) is 25.4 Å². The van der Waals surface area contributed by atoms with E-state index in [1.165, 1.54) is 5.56 Å². The van der Waals surface area contributed by atoms with Gasteiger partial charge in [0, 0.05) is 6.54 Å². The van der Waals surface area contributed by atoms with Crippen molar-refractivity contribution in [2.75, 3.05) is 5.73 Å². The van der Waals surface area contributed by atoms with Crippen molar-refractivity contribution >= 4 is 28.1 Å². The SMILES string of the molecule is NCc1ccc2c(c1)CCC2NC(=O)c1cc2ccccc2c([N+](=O)[O-])c1N. The molecule has 0 heterocycles. The molecule has 0 aliphatic heterocycles. The van der Waals surface area contributed by atoms with Gasteiger partial charge < -0.3 is 16.8 Å². The minimum absolute atomic E-state index is 0.113. The third-order valence-electron chi connectivity index (χ3n) is 5.31. The van der Waals surface area contributed by atoms with Gasteiger partial charge in [-0.05, 0) is 47.1 Å². The van der Waals surface area contributed by atoms with Crippen LogP contribution in [0.1, 0.15) is 39.5 Å². The summed E-state index contributed by atoms with van der Waals surface area (Å²) >= 11 is 0. The number of carbonyl (C=O) groups excluding carboxylic acids is 1. The topological polar surface area (TPSA) is 124 Å². The highest BCUT2D eigenvalue weighted by atomic mass is 16.6. The second kappa shape index (κ2) is 6.94. The van der Waals surface area contributed by atoms with Crippen molar-refractivity contribution in [3.05, 3.63) is 80.9 Å². The molecule has 0 aromatic heterocycles. The minimum atomic E-state index is -0.534. The molecule has 0 bridgehead atoms. The van der Waals surface area contributed by atoms with Crippen LogP contribution in [0.15, 0.2) is 48.5 Å². The zero-order valence-electron chi connectivity index (χ0n) is 15.1. The zero-order valence-corrected chi connectivity index (χ0v) is 15.1. The summed E-state index contributed by atoms with van der Waals surface area (Å²) in [6, 6.07) is 14.3. The number of fused-ring (bicyclic) bond motifs is 2. The van der Waals surface area contributed by atoms with Crippen LogP contribution in [-0.2, 0) is 13.0 Å². The van der Waals surface area contributed by atoms with E-state index in [1.807, 2.05) is 12.1 Å². The number of nitrogen functional groups attached to an aromatic ring is 1. The molecule has 1 aliphatic carbocycles. The number of benzene rings is 3. The maximum absolute atomic E-state index is 12.9. The molecule has 1 aliphatic rings. The molecule has 3 aromatic carbocycles. The molecular formula is C21H20N4O3. The van der Waals surface area contributed by atoms with Gasteiger partial charge in [-0.3, -0.25) is 14.9 Å². The second-order valence-electron chi connectivity index (χ2n) is 6.97. The summed E-state index contributed by atoms with van der Waals surface area (Å²) in [6.07, 6.45) is 1.62. The van der Waals surface area contributed by atoms with Gasteiger partial charge in [0.2, 0.25) is 0 Å². The quantitative estimate of drug-likeness (QED) is 0.366. The number of nitro groups is 1. The first-order valence-electron chi connectivity index (χ1n) is 9.08. The molecule has 5 N–H and O–H groups in total. The summed E-state index contributed by atoms with van der Waals surface area (Å²) in [5.41, 5.74) is 14.8. The maximum atomic E-state index is 12.9. The lowest BCUT2D eigenvalue weighted by atomic mass is 10.0. The molecule has 142 valence electrons. The Labute approximate surface area is 161 Å². The molecule has 0 saturated heterocycles. The van der Waals surface area contributed by atoms with Gasteiger partial charge in [-0.1, -0.05) is 36.4 Å². The number of rotatable bonds is 4. The third-order valence-corrected chi connectivity index (χ3v) is 5.31. The number of hydrogen-bond acceptors (Lipinski definition) is 5. The third kappa shape index (κ3) is 2.95. The molecule has 1 amide bonds. The summed E-state index contributed by atoms with van der Waals surface area (Å²) < 4.78 is 0. The predicted octanol–water partition coefficient (Wildman–Crippen LogP) is 3.21. The van der Waals surface area contributed by atoms with Crippen molar-refractivity contribution in [1.29, 1.82) is 0 Å². The minimum Gasteiger partial charge on any atom is -0.392 e. The first-order valence-corrected chi connectivity index (χ1v) is 9.08. The van der Waals surface area contributed by atoms with Gasteiger partial charge in [0.25, 0.3) is 5.91 Å². The summed E-state index contributed by atoms with van der Waals surface area (Å²) in [7, 11) is 0. The van der Waals surface area contributed by atoms with Gasteiger partial charge >= 0.3 is 5.69 Å². The average molecular weight is 376 g/mol. The lowest BCUT2D eigenvalue weighted by molar-refractivity contribution is -0.382. The summed E-state index contributed by atoms with van der Waals surface area (Å²) in [5.74, 6) is -0.410. The molecule has 28 heavy (non-hydrogen) atoms. The second-order valence-corrected chi connectivity index (χ2v) is 6.97. The molecule has 0 radical (unpaired) electrons. The van der Waals surface area contributed by atoms with Crippen LogP contribution in [0.4, 0.5) is 11.4 Å². The Balaban J connectivity index is 1.69. The van der Waals surface area contributed by atoms with E-state index in [4.69, 9.17) is 11.5 Å². The van der Waals surface area contributed by atoms with Crippen LogP contribution in [-0.4, -0.2) is 10.8 Å². The number of aryl methyl sites for hydroxylation is 1. The Morgan fingerprint density at radius 3 is 2.75 bits per heavy atom. The lowest BCUT2D eigenvalue weighted by Gasteiger charge is -2.16. The zero-order chi connectivity index (χ0) is 19.8. The van der Waals surface area contributed by atoms with Gasteiger partial charge in [-0.25, -0.2) is 0 Å². The molecule has 1 unspecified atom stereocenters. The van der Waals surface area contributed by atoms with Crippen molar-refractivity contribution < 1.29 is 9.72 Å². The number of nitro benzene ring substituents is 1. The van der Waals surface area contributed by atoms with E-state index in [-0.39, 0.29) is 23.0 Å². The van der Waals surface area contributed by atoms with Crippen LogP contribution in [0.25, 0.3) is 10.8 Å². The molecule has 1 atom stereocenters. The molecule has 0 spiro atoms. The predicted molar refractivity (Wildman–Crippen MR) is 108 cm³/mol. The molecule has 0 fully saturated rings. The molecule has 7 nitrogen and oxygen atoms in total. The molecular weight excluding hydrogens is 356 g/mol. The van der Waals surface area contributed by atoms with Crippen molar-refractivity contribution in [2.24, 2.45) is 5.73 Å². The van der Waals surface area contributed by atoms with Crippen molar-refractivity contribution in [3.63, 3.8) is 0 Å². The van der Waals surface area contributed by atoms with E-state index in [1.54, 1.807) is 30.3 Å². The number of anilines is 1. The summed E-state index contributed by atoms with van der Waals surface area (Å²) in [5, 5.41) is 15.6. The highest BCUT2D eigenvalue weighted by Gasteiger charge is 2.28. The molecule has 0 saturated carbocycles. The van der Waals surface area contributed by atoms with Gasteiger partial charge in [0.15, 0.2) is 0 Å². The van der Waals surface area contributed by atoms with Crippen LogP contribution < -0.4 is 16.8 Å². The largest absolute Gasteiger partial charge is 0.392 e. The fourth-order valence-electron chi connectivity index (χ4n) is 3.91. The highest BCUT2D eigenvalue weighted by molar-refractivity contribution is 6.09. The molecule has 7 heteroatoms. The van der Waals surface area contributed by atoms with E-state index in [9.17, 15) is 14.9 Å². The highest BCUT2D eigenvalue weighted by Crippen LogP contribution is 2.36. The number of hydrogen-bond donors (Lipinski definition) is 3. The van der Waals surface area contributed by atoms with Crippen LogP contribution in [0.3, 0.4) is 0 Å². The van der Waals surface area contributed by atoms with Crippen molar-refractivity contribution in [1.82, 2.24) is 5.32 Å². The molecule has 3 aromatic rings. The Kier molecular flexibility index (Phi) is 4.44. The van der Waals surface area contributed by atoms with E-state index < -0.39 is 10.8 Å². The number of nitrogens with zero attached hydrogens (tertiary/aromatic N) is 1. The Bertz CT molecular complexity index is 1110. The first kappa shape index (κ1) is 17.9. The van der Waals surface area contributed by atoms with Gasteiger partial charge in [-0.2, -0.15) is 0 Å².